The number of fused-ring (bicyclic) bond motifs is 1. The van der Waals surface area contributed by atoms with Gasteiger partial charge in [-0.1, -0.05) is 24.3 Å². The molecule has 1 aliphatic heterocycles. The van der Waals surface area contributed by atoms with Crippen LogP contribution < -0.4 is 15.5 Å². The van der Waals surface area contributed by atoms with Gasteiger partial charge in [0.15, 0.2) is 0 Å². The van der Waals surface area contributed by atoms with Gasteiger partial charge >= 0.3 is 0 Å². The average Bonchev–Trinajstić information content (AvgIpc) is 3.33. The second kappa shape index (κ2) is 9.06. The number of nitrogens with one attached hydrogen (secondary N) is 2. The van der Waals surface area contributed by atoms with Crippen LogP contribution in [0, 0.1) is 0 Å². The fourth-order valence-electron chi connectivity index (χ4n) is 3.89. The monoisotopic (exact) mass is 419 g/mol. The Hall–Kier alpha value is -3.58. The number of carbonyl (C=O) groups is 2. The minimum absolute atomic E-state index is 0.0347. The Labute approximate surface area is 181 Å². The third-order valence-corrected chi connectivity index (χ3v) is 5.33. The highest BCUT2D eigenvalue weighted by atomic mass is 16.5. The van der Waals surface area contributed by atoms with E-state index in [2.05, 4.69) is 34.6 Å². The molecule has 7 heteroatoms. The summed E-state index contributed by atoms with van der Waals surface area (Å²) >= 11 is 0. The molecule has 4 rings (SSSR count). The van der Waals surface area contributed by atoms with E-state index >= 15 is 0 Å². The lowest BCUT2D eigenvalue weighted by Gasteiger charge is -2.24. The van der Waals surface area contributed by atoms with Crippen molar-refractivity contribution in [3.63, 3.8) is 0 Å². The van der Waals surface area contributed by atoms with Crippen molar-refractivity contribution in [2.75, 3.05) is 29.3 Å². The third-order valence-electron chi connectivity index (χ3n) is 5.33. The van der Waals surface area contributed by atoms with E-state index in [0.29, 0.717) is 35.3 Å². The van der Waals surface area contributed by atoms with Crippen molar-refractivity contribution in [3.05, 3.63) is 77.7 Å². The fraction of sp³-hybridized carbons (Fsp3) is 0.250. The number of nitrogens with zero attached hydrogens (tertiary/aromatic N) is 1. The van der Waals surface area contributed by atoms with Crippen LogP contribution in [-0.4, -0.2) is 31.6 Å². The molecule has 0 saturated carbocycles. The Kier molecular flexibility index (Phi) is 6.04. The molecule has 0 bridgehead atoms. The molecule has 1 unspecified atom stereocenters. The maximum Gasteiger partial charge on any atom is 0.259 e. The molecule has 2 amide bonds. The van der Waals surface area contributed by atoms with Gasteiger partial charge in [-0.3, -0.25) is 9.59 Å². The second-order valence-electron chi connectivity index (χ2n) is 7.58. The first-order chi connectivity index (χ1) is 15.0. The van der Waals surface area contributed by atoms with Gasteiger partial charge in [-0.25, -0.2) is 0 Å². The van der Waals surface area contributed by atoms with Crippen LogP contribution in [0.25, 0.3) is 0 Å². The van der Waals surface area contributed by atoms with Crippen molar-refractivity contribution in [1.82, 2.24) is 0 Å². The van der Waals surface area contributed by atoms with Gasteiger partial charge < -0.3 is 24.7 Å². The van der Waals surface area contributed by atoms with Gasteiger partial charge in [-0.05, 0) is 49.2 Å². The van der Waals surface area contributed by atoms with Crippen molar-refractivity contribution in [2.45, 2.75) is 25.9 Å². The standard InChI is InChI=1S/C24H25N3O4/c1-16-12-17-6-3-4-9-21(17)27(16)14-22-20(10-11-31-22)24(29)26-19-8-5-7-18(13-19)25-23(28)15-30-2/h3-11,13,16H,12,14-15H2,1-2H3,(H,25,28)(H,26,29). The Balaban J connectivity index is 1.47. The van der Waals surface area contributed by atoms with Crippen LogP contribution in [0.2, 0.25) is 0 Å². The lowest BCUT2D eigenvalue weighted by Crippen LogP contribution is -2.29. The Morgan fingerprint density at radius 2 is 1.87 bits per heavy atom. The molecule has 0 radical (unpaired) electrons. The minimum atomic E-state index is -0.261. The Morgan fingerprint density at radius 1 is 1.10 bits per heavy atom. The lowest BCUT2D eigenvalue weighted by atomic mass is 10.1. The average molecular weight is 419 g/mol. The summed E-state index contributed by atoms with van der Waals surface area (Å²) in [5.74, 6) is 0.0953. The molecule has 160 valence electrons. The smallest absolute Gasteiger partial charge is 0.259 e. The normalized spacial score (nSPS) is 14.9. The van der Waals surface area contributed by atoms with Gasteiger partial charge in [-0.15, -0.1) is 0 Å². The molecular weight excluding hydrogens is 394 g/mol. The van der Waals surface area contributed by atoms with E-state index in [9.17, 15) is 9.59 Å². The van der Waals surface area contributed by atoms with Crippen LogP contribution in [0.15, 0.2) is 65.3 Å². The highest BCUT2D eigenvalue weighted by Crippen LogP contribution is 2.33. The first-order valence-electron chi connectivity index (χ1n) is 10.2. The molecule has 7 nitrogen and oxygen atoms in total. The molecule has 0 aliphatic carbocycles. The molecule has 0 fully saturated rings. The van der Waals surface area contributed by atoms with Gasteiger partial charge in [0.05, 0.1) is 18.4 Å². The zero-order valence-electron chi connectivity index (χ0n) is 17.6. The highest BCUT2D eigenvalue weighted by molar-refractivity contribution is 6.05. The largest absolute Gasteiger partial charge is 0.467 e. The van der Waals surface area contributed by atoms with E-state index in [1.807, 2.05) is 12.1 Å². The molecule has 0 spiro atoms. The predicted octanol–water partition coefficient (Wildman–Crippen LogP) is 4.07. The number of carbonyl (C=O) groups excluding carboxylic acids is 2. The van der Waals surface area contributed by atoms with E-state index in [4.69, 9.17) is 9.15 Å². The lowest BCUT2D eigenvalue weighted by molar-refractivity contribution is -0.119. The number of amides is 2. The SMILES string of the molecule is COCC(=O)Nc1cccc(NC(=O)c2ccoc2CN2c3ccccc3CC2C)c1. The molecule has 2 N–H and O–H groups in total. The summed E-state index contributed by atoms with van der Waals surface area (Å²) in [7, 11) is 1.46. The van der Waals surface area contributed by atoms with Crippen LogP contribution in [0.1, 0.15) is 28.6 Å². The number of anilines is 3. The van der Waals surface area contributed by atoms with Crippen LogP contribution in [0.4, 0.5) is 17.1 Å². The number of hydrogen-bond donors (Lipinski definition) is 2. The molecule has 2 heterocycles. The minimum Gasteiger partial charge on any atom is -0.467 e. The number of benzene rings is 2. The molecule has 1 aliphatic rings. The highest BCUT2D eigenvalue weighted by Gasteiger charge is 2.28. The molecule has 31 heavy (non-hydrogen) atoms. The maximum absolute atomic E-state index is 12.9. The fourth-order valence-corrected chi connectivity index (χ4v) is 3.89. The Morgan fingerprint density at radius 3 is 2.68 bits per heavy atom. The molecule has 0 saturated heterocycles. The molecule has 1 atom stereocenters. The number of furan rings is 1. The summed E-state index contributed by atoms with van der Waals surface area (Å²) in [6, 6.07) is 17.3. The summed E-state index contributed by atoms with van der Waals surface area (Å²) in [4.78, 5) is 26.9. The number of methoxy groups -OCH3 is 1. The second-order valence-corrected chi connectivity index (χ2v) is 7.58. The molecule has 1 aromatic heterocycles. The first kappa shape index (κ1) is 20.7. The topological polar surface area (TPSA) is 83.8 Å². The van der Waals surface area contributed by atoms with Crippen LogP contribution in [-0.2, 0) is 22.5 Å². The van der Waals surface area contributed by atoms with Crippen LogP contribution in [0.5, 0.6) is 0 Å². The summed E-state index contributed by atoms with van der Waals surface area (Å²) in [6.45, 7) is 2.65. The van der Waals surface area contributed by atoms with E-state index in [0.717, 1.165) is 6.42 Å². The summed E-state index contributed by atoms with van der Waals surface area (Å²) in [6.07, 6.45) is 2.51. The summed E-state index contributed by atoms with van der Waals surface area (Å²) in [5.41, 5.74) is 4.13. The van der Waals surface area contributed by atoms with Gasteiger partial charge in [0.1, 0.15) is 12.4 Å². The van der Waals surface area contributed by atoms with Gasteiger partial charge in [-0.2, -0.15) is 0 Å². The van der Waals surface area contributed by atoms with E-state index in [-0.39, 0.29) is 18.4 Å². The first-order valence-corrected chi connectivity index (χ1v) is 10.2. The van der Waals surface area contributed by atoms with Crippen molar-refractivity contribution in [2.24, 2.45) is 0 Å². The summed E-state index contributed by atoms with van der Waals surface area (Å²) in [5, 5.41) is 5.61. The number of hydrogen-bond acceptors (Lipinski definition) is 5. The predicted molar refractivity (Wildman–Crippen MR) is 119 cm³/mol. The van der Waals surface area contributed by atoms with Crippen molar-refractivity contribution < 1.29 is 18.7 Å². The number of para-hydroxylation sites is 1. The van der Waals surface area contributed by atoms with Gasteiger partial charge in [0.25, 0.3) is 5.91 Å². The maximum atomic E-state index is 12.9. The van der Waals surface area contributed by atoms with E-state index < -0.39 is 0 Å². The quantitative estimate of drug-likeness (QED) is 0.603. The van der Waals surface area contributed by atoms with Gasteiger partial charge in [0.2, 0.25) is 5.91 Å². The van der Waals surface area contributed by atoms with Gasteiger partial charge in [0, 0.05) is 30.2 Å². The van der Waals surface area contributed by atoms with Crippen LogP contribution in [0.3, 0.4) is 0 Å². The van der Waals surface area contributed by atoms with Crippen molar-refractivity contribution in [3.8, 4) is 0 Å². The molecule has 3 aromatic rings. The van der Waals surface area contributed by atoms with Crippen LogP contribution >= 0.6 is 0 Å². The molecular formula is C24H25N3O4. The third kappa shape index (κ3) is 4.62. The van der Waals surface area contributed by atoms with E-state index in [1.165, 1.54) is 24.6 Å². The van der Waals surface area contributed by atoms with Crippen molar-refractivity contribution in [1.29, 1.82) is 0 Å². The van der Waals surface area contributed by atoms with Crippen molar-refractivity contribution >= 4 is 28.9 Å². The number of ether oxygens (including phenoxy) is 1. The zero-order valence-corrected chi connectivity index (χ0v) is 17.6. The number of rotatable bonds is 7. The van der Waals surface area contributed by atoms with E-state index in [1.54, 1.807) is 30.3 Å². The Bertz CT molecular complexity index is 1090. The zero-order chi connectivity index (χ0) is 21.8. The molecule has 2 aromatic carbocycles. The summed E-state index contributed by atoms with van der Waals surface area (Å²) < 4.78 is 10.5.